The van der Waals surface area contributed by atoms with Crippen LogP contribution in [0.2, 0.25) is 0 Å². The molecule has 0 saturated carbocycles. The molecule has 25 heavy (non-hydrogen) atoms. The lowest BCUT2D eigenvalue weighted by Crippen LogP contribution is -2.42. The maximum atomic E-state index is 13.0. The molecule has 0 spiro atoms. The van der Waals surface area contributed by atoms with Crippen LogP contribution in [0.5, 0.6) is 0 Å². The van der Waals surface area contributed by atoms with Crippen molar-refractivity contribution in [2.24, 2.45) is 5.92 Å². The van der Waals surface area contributed by atoms with E-state index in [1.165, 1.54) is 28.0 Å². The number of thiophene rings is 1. The zero-order valence-electron chi connectivity index (χ0n) is 14.6. The SMILES string of the molecule is CNCC1CCCN(C(=O)c2cc3c(s2)-c2ccccc2CC3)C1.Cl. The standard InChI is InChI=1S/C20H24N2OS.ClH/c1-21-12-14-5-4-10-22(13-14)20(23)18-11-16-9-8-15-6-2-3-7-17(15)19(16)24-18;/h2-3,6-7,11,14,21H,4-5,8-10,12-13H2,1H3;1H. The Balaban J connectivity index is 0.00000182. The van der Waals surface area contributed by atoms with Gasteiger partial charge in [0.05, 0.1) is 4.88 Å². The molecular weight excluding hydrogens is 352 g/mol. The fraction of sp³-hybridized carbons (Fsp3) is 0.450. The fourth-order valence-corrected chi connectivity index (χ4v) is 5.28. The Morgan fingerprint density at radius 1 is 1.28 bits per heavy atom. The van der Waals surface area contributed by atoms with Gasteiger partial charge in [-0.3, -0.25) is 4.79 Å². The number of amides is 1. The monoisotopic (exact) mass is 376 g/mol. The highest BCUT2D eigenvalue weighted by Gasteiger charge is 2.27. The van der Waals surface area contributed by atoms with Crippen molar-refractivity contribution in [2.45, 2.75) is 25.7 Å². The third-order valence-corrected chi connectivity index (χ3v) is 6.44. The van der Waals surface area contributed by atoms with Crippen molar-refractivity contribution in [3.63, 3.8) is 0 Å². The third-order valence-electron chi connectivity index (χ3n) is 5.24. The van der Waals surface area contributed by atoms with Gasteiger partial charge in [0.2, 0.25) is 0 Å². The van der Waals surface area contributed by atoms with Gasteiger partial charge in [0.1, 0.15) is 0 Å². The van der Waals surface area contributed by atoms with Gasteiger partial charge in [-0.15, -0.1) is 23.7 Å². The van der Waals surface area contributed by atoms with Gasteiger partial charge in [-0.2, -0.15) is 0 Å². The summed E-state index contributed by atoms with van der Waals surface area (Å²) in [5.74, 6) is 0.815. The first-order valence-electron chi connectivity index (χ1n) is 8.91. The van der Waals surface area contributed by atoms with E-state index in [-0.39, 0.29) is 18.3 Å². The molecule has 1 saturated heterocycles. The summed E-state index contributed by atoms with van der Waals surface area (Å²) in [6.07, 6.45) is 4.48. The van der Waals surface area contributed by atoms with Gasteiger partial charge in [0.25, 0.3) is 5.91 Å². The van der Waals surface area contributed by atoms with Crippen LogP contribution in [0, 0.1) is 5.92 Å². The number of aryl methyl sites for hydroxylation is 2. The molecule has 1 amide bonds. The molecule has 1 atom stereocenters. The van der Waals surface area contributed by atoms with Gasteiger partial charge in [0, 0.05) is 18.0 Å². The Hall–Kier alpha value is -1.36. The van der Waals surface area contributed by atoms with Crippen molar-refractivity contribution in [1.29, 1.82) is 0 Å². The smallest absolute Gasteiger partial charge is 0.263 e. The lowest BCUT2D eigenvalue weighted by atomic mass is 9.91. The first kappa shape index (κ1) is 18.4. The van der Waals surface area contributed by atoms with Crippen LogP contribution in [0.1, 0.15) is 33.6 Å². The highest BCUT2D eigenvalue weighted by atomic mass is 35.5. The van der Waals surface area contributed by atoms with Crippen LogP contribution in [0.3, 0.4) is 0 Å². The molecule has 3 nitrogen and oxygen atoms in total. The van der Waals surface area contributed by atoms with E-state index in [2.05, 4.69) is 40.5 Å². The number of nitrogens with one attached hydrogen (secondary N) is 1. The van der Waals surface area contributed by atoms with Crippen molar-refractivity contribution in [1.82, 2.24) is 10.2 Å². The maximum absolute atomic E-state index is 13.0. The molecule has 1 unspecified atom stereocenters. The van der Waals surface area contributed by atoms with Crippen LogP contribution in [-0.2, 0) is 12.8 Å². The molecule has 134 valence electrons. The van der Waals surface area contributed by atoms with Gasteiger partial charge < -0.3 is 10.2 Å². The number of carbonyl (C=O) groups excluding carboxylic acids is 1. The minimum atomic E-state index is 0. The van der Waals surface area contributed by atoms with Gasteiger partial charge in [0.15, 0.2) is 0 Å². The topological polar surface area (TPSA) is 32.3 Å². The zero-order valence-corrected chi connectivity index (χ0v) is 16.2. The van der Waals surface area contributed by atoms with Crippen LogP contribution in [0.15, 0.2) is 30.3 Å². The van der Waals surface area contributed by atoms with Crippen molar-refractivity contribution >= 4 is 29.7 Å². The lowest BCUT2D eigenvalue weighted by Gasteiger charge is -2.32. The van der Waals surface area contributed by atoms with E-state index in [0.717, 1.165) is 43.8 Å². The predicted octanol–water partition coefficient (Wildman–Crippen LogP) is 4.01. The van der Waals surface area contributed by atoms with E-state index in [1.807, 2.05) is 7.05 Å². The molecule has 2 heterocycles. The van der Waals surface area contributed by atoms with Crippen molar-refractivity contribution < 1.29 is 4.79 Å². The molecule has 1 N–H and O–H groups in total. The number of likely N-dealkylation sites (tertiary alicyclic amines) is 1. The summed E-state index contributed by atoms with van der Waals surface area (Å²) in [4.78, 5) is 17.3. The van der Waals surface area contributed by atoms with E-state index >= 15 is 0 Å². The van der Waals surface area contributed by atoms with E-state index in [0.29, 0.717) is 5.92 Å². The highest BCUT2D eigenvalue weighted by Crippen LogP contribution is 2.40. The molecular formula is C20H25ClN2OS. The molecule has 1 aromatic heterocycles. The second-order valence-corrected chi connectivity index (χ2v) is 7.99. The van der Waals surface area contributed by atoms with Crippen molar-refractivity contribution in [3.05, 3.63) is 46.3 Å². The number of halogens is 1. The first-order valence-corrected chi connectivity index (χ1v) is 9.73. The average molecular weight is 377 g/mol. The van der Waals surface area contributed by atoms with E-state index < -0.39 is 0 Å². The fourth-order valence-electron chi connectivity index (χ4n) is 4.04. The first-order chi connectivity index (χ1) is 11.8. The van der Waals surface area contributed by atoms with Crippen LogP contribution in [-0.4, -0.2) is 37.5 Å². The third kappa shape index (κ3) is 3.62. The summed E-state index contributed by atoms with van der Waals surface area (Å²) in [5, 5.41) is 3.25. The molecule has 0 radical (unpaired) electrons. The van der Waals surface area contributed by atoms with Gasteiger partial charge >= 0.3 is 0 Å². The van der Waals surface area contributed by atoms with Crippen LogP contribution < -0.4 is 5.32 Å². The molecule has 1 fully saturated rings. The van der Waals surface area contributed by atoms with Crippen LogP contribution in [0.4, 0.5) is 0 Å². The zero-order chi connectivity index (χ0) is 16.5. The Morgan fingerprint density at radius 2 is 2.08 bits per heavy atom. The second-order valence-electron chi connectivity index (χ2n) is 6.94. The van der Waals surface area contributed by atoms with Gasteiger partial charge in [-0.05, 0) is 68.0 Å². The number of benzene rings is 1. The second kappa shape index (κ2) is 7.90. The Morgan fingerprint density at radius 3 is 2.92 bits per heavy atom. The Labute approximate surface area is 159 Å². The summed E-state index contributed by atoms with van der Waals surface area (Å²) in [7, 11) is 1.99. The highest BCUT2D eigenvalue weighted by molar-refractivity contribution is 7.17. The minimum Gasteiger partial charge on any atom is -0.338 e. The van der Waals surface area contributed by atoms with Crippen LogP contribution in [0.25, 0.3) is 10.4 Å². The minimum absolute atomic E-state index is 0. The quantitative estimate of drug-likeness (QED) is 0.877. The number of carbonyl (C=O) groups is 1. The maximum Gasteiger partial charge on any atom is 0.263 e. The summed E-state index contributed by atoms with van der Waals surface area (Å²) in [5.41, 5.74) is 4.10. The van der Waals surface area contributed by atoms with Crippen molar-refractivity contribution in [2.75, 3.05) is 26.7 Å². The summed E-state index contributed by atoms with van der Waals surface area (Å²) in [6, 6.07) is 10.8. The number of hydrogen-bond donors (Lipinski definition) is 1. The van der Waals surface area contributed by atoms with Gasteiger partial charge in [-0.1, -0.05) is 24.3 Å². The van der Waals surface area contributed by atoms with E-state index in [9.17, 15) is 4.79 Å². The normalized spacial score (nSPS) is 18.9. The van der Waals surface area contributed by atoms with E-state index in [1.54, 1.807) is 11.3 Å². The summed E-state index contributed by atoms with van der Waals surface area (Å²) >= 11 is 1.69. The molecule has 0 bridgehead atoms. The molecule has 1 aliphatic carbocycles. The molecule has 5 heteroatoms. The summed E-state index contributed by atoms with van der Waals surface area (Å²) in [6.45, 7) is 2.79. The predicted molar refractivity (Wildman–Crippen MR) is 107 cm³/mol. The van der Waals surface area contributed by atoms with Crippen LogP contribution >= 0.6 is 23.7 Å². The largest absolute Gasteiger partial charge is 0.338 e. The van der Waals surface area contributed by atoms with Gasteiger partial charge in [-0.25, -0.2) is 0 Å². The molecule has 2 aliphatic rings. The van der Waals surface area contributed by atoms with Crippen molar-refractivity contribution in [3.8, 4) is 10.4 Å². The molecule has 1 aliphatic heterocycles. The average Bonchev–Trinajstić information content (AvgIpc) is 3.06. The Kier molecular flexibility index (Phi) is 5.82. The Bertz CT molecular complexity index is 756. The number of rotatable bonds is 3. The van der Waals surface area contributed by atoms with E-state index in [4.69, 9.17) is 0 Å². The molecule has 1 aromatic carbocycles. The molecule has 4 rings (SSSR count). The molecule has 2 aromatic rings. The number of nitrogens with zero attached hydrogens (tertiary/aromatic N) is 1. The summed E-state index contributed by atoms with van der Waals surface area (Å²) < 4.78 is 0. The lowest BCUT2D eigenvalue weighted by molar-refractivity contribution is 0.0679. The number of fused-ring (bicyclic) bond motifs is 3. The number of piperidine rings is 1. The number of hydrogen-bond acceptors (Lipinski definition) is 3.